The van der Waals surface area contributed by atoms with Gasteiger partial charge in [0.15, 0.2) is 0 Å². The first-order chi connectivity index (χ1) is 8.03. The zero-order valence-corrected chi connectivity index (χ0v) is 10.2. The highest BCUT2D eigenvalue weighted by atomic mass is 19.1. The quantitative estimate of drug-likeness (QED) is 0.855. The van der Waals surface area contributed by atoms with Crippen LogP contribution in [0.1, 0.15) is 19.7 Å². The lowest BCUT2D eigenvalue weighted by molar-refractivity contribution is 0.421. The molecule has 0 bridgehead atoms. The Labute approximate surface area is 100 Å². The van der Waals surface area contributed by atoms with Crippen LogP contribution in [0.25, 0.3) is 11.3 Å². The molecule has 0 aliphatic rings. The zero-order valence-electron chi connectivity index (χ0n) is 10.2. The van der Waals surface area contributed by atoms with Crippen molar-refractivity contribution in [3.8, 4) is 11.3 Å². The van der Waals surface area contributed by atoms with E-state index in [0.717, 1.165) is 17.1 Å². The number of aromatic amines is 1. The minimum Gasteiger partial charge on any atom is -0.340 e. The summed E-state index contributed by atoms with van der Waals surface area (Å²) in [5.74, 6) is 0.628. The number of rotatable bonds is 3. The molecule has 2 aromatic rings. The van der Waals surface area contributed by atoms with E-state index in [1.807, 2.05) is 20.9 Å². The molecule has 0 atom stereocenters. The molecule has 2 N–H and O–H groups in total. The van der Waals surface area contributed by atoms with Crippen molar-refractivity contribution < 1.29 is 4.39 Å². The molecule has 0 saturated heterocycles. The summed E-state index contributed by atoms with van der Waals surface area (Å²) in [6.45, 7) is 4.08. The van der Waals surface area contributed by atoms with Gasteiger partial charge < -0.3 is 10.3 Å². The molecule has 1 heterocycles. The summed E-state index contributed by atoms with van der Waals surface area (Å²) in [7, 11) is 1.89. The van der Waals surface area contributed by atoms with E-state index in [-0.39, 0.29) is 11.4 Å². The molecule has 90 valence electrons. The lowest BCUT2D eigenvalue weighted by Crippen LogP contribution is -2.34. The van der Waals surface area contributed by atoms with Gasteiger partial charge in [-0.05, 0) is 50.7 Å². The highest BCUT2D eigenvalue weighted by molar-refractivity contribution is 5.58. The van der Waals surface area contributed by atoms with E-state index in [0.29, 0.717) is 0 Å². The molecular formula is C13H16FN3. The SMILES string of the molecule is CNC(C)(C)c1ncc(-c2ccc(F)cc2)[nH]1. The van der Waals surface area contributed by atoms with E-state index in [9.17, 15) is 4.39 Å². The van der Waals surface area contributed by atoms with E-state index in [1.165, 1.54) is 12.1 Å². The van der Waals surface area contributed by atoms with Gasteiger partial charge in [0.05, 0.1) is 17.4 Å². The number of imidazole rings is 1. The fraction of sp³-hybridized carbons (Fsp3) is 0.308. The summed E-state index contributed by atoms with van der Waals surface area (Å²) in [4.78, 5) is 7.59. The van der Waals surface area contributed by atoms with Crippen LogP contribution in [-0.2, 0) is 5.54 Å². The summed E-state index contributed by atoms with van der Waals surface area (Å²) in [5, 5.41) is 3.18. The summed E-state index contributed by atoms with van der Waals surface area (Å²) in [6, 6.07) is 6.36. The maximum absolute atomic E-state index is 12.8. The van der Waals surface area contributed by atoms with Gasteiger partial charge in [0.1, 0.15) is 11.6 Å². The molecule has 17 heavy (non-hydrogen) atoms. The molecule has 0 aliphatic carbocycles. The highest BCUT2D eigenvalue weighted by Gasteiger charge is 2.21. The number of H-pyrrole nitrogens is 1. The Kier molecular flexibility index (Phi) is 2.98. The van der Waals surface area contributed by atoms with Gasteiger partial charge in [-0.25, -0.2) is 9.37 Å². The van der Waals surface area contributed by atoms with Crippen LogP contribution in [0.3, 0.4) is 0 Å². The number of halogens is 1. The number of nitrogens with one attached hydrogen (secondary N) is 2. The van der Waals surface area contributed by atoms with Crippen LogP contribution in [0.5, 0.6) is 0 Å². The van der Waals surface area contributed by atoms with Crippen molar-refractivity contribution in [3.63, 3.8) is 0 Å². The maximum Gasteiger partial charge on any atom is 0.126 e. The predicted octanol–water partition coefficient (Wildman–Crippen LogP) is 2.67. The number of aromatic nitrogens is 2. The molecule has 0 aliphatic heterocycles. The van der Waals surface area contributed by atoms with E-state index in [2.05, 4.69) is 15.3 Å². The first-order valence-electron chi connectivity index (χ1n) is 5.53. The summed E-state index contributed by atoms with van der Waals surface area (Å²) in [6.07, 6.45) is 1.77. The topological polar surface area (TPSA) is 40.7 Å². The maximum atomic E-state index is 12.8. The number of hydrogen-bond acceptors (Lipinski definition) is 2. The first kappa shape index (κ1) is 11.8. The summed E-state index contributed by atoms with van der Waals surface area (Å²) < 4.78 is 12.8. The van der Waals surface area contributed by atoms with Gasteiger partial charge in [0.2, 0.25) is 0 Å². The third-order valence-electron chi connectivity index (χ3n) is 2.95. The van der Waals surface area contributed by atoms with Crippen molar-refractivity contribution in [3.05, 3.63) is 42.1 Å². The summed E-state index contributed by atoms with van der Waals surface area (Å²) in [5.41, 5.74) is 1.61. The average molecular weight is 233 g/mol. The van der Waals surface area contributed by atoms with Gasteiger partial charge in [-0.1, -0.05) is 0 Å². The van der Waals surface area contributed by atoms with Crippen molar-refractivity contribution >= 4 is 0 Å². The van der Waals surface area contributed by atoms with Gasteiger partial charge in [-0.2, -0.15) is 0 Å². The van der Waals surface area contributed by atoms with E-state index in [4.69, 9.17) is 0 Å². The molecule has 2 rings (SSSR count). The van der Waals surface area contributed by atoms with Crippen molar-refractivity contribution in [1.82, 2.24) is 15.3 Å². The third-order valence-corrected chi connectivity index (χ3v) is 2.95. The molecule has 3 nitrogen and oxygen atoms in total. The van der Waals surface area contributed by atoms with Gasteiger partial charge in [0.25, 0.3) is 0 Å². The molecule has 0 spiro atoms. The predicted molar refractivity (Wildman–Crippen MR) is 66.1 cm³/mol. The van der Waals surface area contributed by atoms with Crippen LogP contribution < -0.4 is 5.32 Å². The highest BCUT2D eigenvalue weighted by Crippen LogP contribution is 2.22. The molecule has 4 heteroatoms. The second-order valence-corrected chi connectivity index (χ2v) is 4.53. The molecule has 1 aromatic heterocycles. The van der Waals surface area contributed by atoms with Crippen LogP contribution in [0.4, 0.5) is 4.39 Å². The Morgan fingerprint density at radius 3 is 2.47 bits per heavy atom. The van der Waals surface area contributed by atoms with Crippen LogP contribution >= 0.6 is 0 Å². The van der Waals surface area contributed by atoms with Crippen molar-refractivity contribution in [2.75, 3.05) is 7.05 Å². The third kappa shape index (κ3) is 2.36. The fourth-order valence-corrected chi connectivity index (χ4v) is 1.53. The van der Waals surface area contributed by atoms with Gasteiger partial charge >= 0.3 is 0 Å². The molecule has 0 fully saturated rings. The normalized spacial score (nSPS) is 11.8. The van der Waals surface area contributed by atoms with E-state index < -0.39 is 0 Å². The average Bonchev–Trinajstić information content (AvgIpc) is 2.80. The van der Waals surface area contributed by atoms with Crippen LogP contribution in [0, 0.1) is 5.82 Å². The van der Waals surface area contributed by atoms with Gasteiger partial charge in [-0.15, -0.1) is 0 Å². The Balaban J connectivity index is 2.33. The molecule has 0 saturated carbocycles. The fourth-order valence-electron chi connectivity index (χ4n) is 1.53. The monoisotopic (exact) mass is 233 g/mol. The zero-order chi connectivity index (χ0) is 12.5. The molecule has 0 amide bonds. The minimum atomic E-state index is -0.232. The van der Waals surface area contributed by atoms with Crippen LogP contribution in [0.15, 0.2) is 30.5 Å². The Hall–Kier alpha value is -1.68. The van der Waals surface area contributed by atoms with Crippen molar-refractivity contribution in [2.45, 2.75) is 19.4 Å². The lowest BCUT2D eigenvalue weighted by Gasteiger charge is -2.20. The molecule has 0 radical (unpaired) electrons. The molecule has 0 unspecified atom stereocenters. The number of hydrogen-bond donors (Lipinski definition) is 2. The Morgan fingerprint density at radius 2 is 1.88 bits per heavy atom. The largest absolute Gasteiger partial charge is 0.340 e. The second-order valence-electron chi connectivity index (χ2n) is 4.53. The Morgan fingerprint density at radius 1 is 1.24 bits per heavy atom. The first-order valence-corrected chi connectivity index (χ1v) is 5.53. The van der Waals surface area contributed by atoms with Crippen LogP contribution in [-0.4, -0.2) is 17.0 Å². The van der Waals surface area contributed by atoms with Crippen LogP contribution in [0.2, 0.25) is 0 Å². The molecule has 1 aromatic carbocycles. The van der Waals surface area contributed by atoms with Crippen molar-refractivity contribution in [2.24, 2.45) is 0 Å². The van der Waals surface area contributed by atoms with Gasteiger partial charge in [0, 0.05) is 0 Å². The van der Waals surface area contributed by atoms with Crippen molar-refractivity contribution in [1.29, 1.82) is 0 Å². The second kappa shape index (κ2) is 4.30. The minimum absolute atomic E-state index is 0.210. The van der Waals surface area contributed by atoms with Gasteiger partial charge in [-0.3, -0.25) is 0 Å². The standard InChI is InChI=1S/C13H16FN3/c1-13(2,15-3)12-16-8-11(17-12)9-4-6-10(14)7-5-9/h4-8,15H,1-3H3,(H,16,17). The number of nitrogens with zero attached hydrogens (tertiary/aromatic N) is 1. The van der Waals surface area contributed by atoms with E-state index >= 15 is 0 Å². The summed E-state index contributed by atoms with van der Waals surface area (Å²) >= 11 is 0. The molecular weight excluding hydrogens is 217 g/mol. The van der Waals surface area contributed by atoms with E-state index in [1.54, 1.807) is 18.3 Å². The number of benzene rings is 1. The Bertz CT molecular complexity index is 500. The lowest BCUT2D eigenvalue weighted by atomic mass is 10.1. The smallest absolute Gasteiger partial charge is 0.126 e.